The van der Waals surface area contributed by atoms with E-state index >= 15 is 0 Å². The van der Waals surface area contributed by atoms with Crippen molar-refractivity contribution in [3.63, 3.8) is 0 Å². The summed E-state index contributed by atoms with van der Waals surface area (Å²) in [4.78, 5) is 15.0. The van der Waals surface area contributed by atoms with Crippen LogP contribution in [0.25, 0.3) is 22.3 Å². The number of hydrogen-bond donors (Lipinski definition) is 2. The van der Waals surface area contributed by atoms with Crippen molar-refractivity contribution in [1.29, 1.82) is 0 Å². The lowest BCUT2D eigenvalue weighted by Gasteiger charge is -2.13. The van der Waals surface area contributed by atoms with Crippen LogP contribution >= 0.6 is 23.2 Å². The summed E-state index contributed by atoms with van der Waals surface area (Å²) in [5.74, 6) is -0.608. The lowest BCUT2D eigenvalue weighted by Crippen LogP contribution is -2.26. The summed E-state index contributed by atoms with van der Waals surface area (Å²) in [6.45, 7) is 0.356. The Hall–Kier alpha value is -3.05. The Morgan fingerprint density at radius 1 is 1.03 bits per heavy atom. The third kappa shape index (κ3) is 6.15. The number of sulfonamides is 1. The van der Waals surface area contributed by atoms with E-state index in [2.05, 4.69) is 20.0 Å². The SMILES string of the molecule is CN(C)CCS(=O)(=O)Nc1cc(-c2ccc3nccc(Nc4ccc(F)c(Cl)c4)c3n2)cnc1Cl. The number of anilines is 3. The molecule has 0 unspecified atom stereocenters. The quantitative estimate of drug-likeness (QED) is 0.300. The van der Waals surface area contributed by atoms with Gasteiger partial charge in [-0.1, -0.05) is 23.2 Å². The van der Waals surface area contributed by atoms with Gasteiger partial charge < -0.3 is 10.2 Å². The van der Waals surface area contributed by atoms with Crippen LogP contribution in [-0.4, -0.2) is 54.7 Å². The van der Waals surface area contributed by atoms with E-state index < -0.39 is 15.8 Å². The molecule has 0 aliphatic rings. The third-order valence-electron chi connectivity index (χ3n) is 4.99. The molecule has 4 aromatic rings. The van der Waals surface area contributed by atoms with Gasteiger partial charge in [0, 0.05) is 30.2 Å². The summed E-state index contributed by atoms with van der Waals surface area (Å²) in [7, 11) is -0.0470. The molecule has 3 heterocycles. The van der Waals surface area contributed by atoms with Crippen molar-refractivity contribution in [2.75, 3.05) is 36.4 Å². The van der Waals surface area contributed by atoms with E-state index in [0.717, 1.165) is 0 Å². The molecule has 0 aliphatic heterocycles. The smallest absolute Gasteiger partial charge is 0.234 e. The number of rotatable bonds is 8. The van der Waals surface area contributed by atoms with Crippen LogP contribution in [0.1, 0.15) is 0 Å². The van der Waals surface area contributed by atoms with Crippen LogP contribution in [0.15, 0.2) is 54.9 Å². The van der Waals surface area contributed by atoms with Crippen molar-refractivity contribution in [1.82, 2.24) is 19.9 Å². The Labute approximate surface area is 212 Å². The molecule has 8 nitrogen and oxygen atoms in total. The first-order chi connectivity index (χ1) is 16.6. The largest absolute Gasteiger partial charge is 0.354 e. The van der Waals surface area contributed by atoms with Crippen LogP contribution in [0, 0.1) is 5.82 Å². The van der Waals surface area contributed by atoms with Crippen molar-refractivity contribution in [3.05, 3.63) is 70.9 Å². The maximum absolute atomic E-state index is 13.5. The Kier molecular flexibility index (Phi) is 7.36. The molecule has 0 saturated heterocycles. The summed E-state index contributed by atoms with van der Waals surface area (Å²) in [6.07, 6.45) is 3.14. The van der Waals surface area contributed by atoms with Gasteiger partial charge in [0.1, 0.15) is 11.3 Å². The lowest BCUT2D eigenvalue weighted by atomic mass is 10.1. The second-order valence-electron chi connectivity index (χ2n) is 7.96. The fourth-order valence-electron chi connectivity index (χ4n) is 3.20. The van der Waals surface area contributed by atoms with Gasteiger partial charge in [-0.05, 0) is 56.6 Å². The molecule has 35 heavy (non-hydrogen) atoms. The van der Waals surface area contributed by atoms with Crippen LogP contribution in [-0.2, 0) is 10.0 Å². The zero-order valence-corrected chi connectivity index (χ0v) is 21.1. The van der Waals surface area contributed by atoms with Crippen LogP contribution in [0.2, 0.25) is 10.2 Å². The highest BCUT2D eigenvalue weighted by atomic mass is 35.5. The van der Waals surface area contributed by atoms with E-state index in [0.29, 0.717) is 40.2 Å². The number of nitrogens with zero attached hydrogens (tertiary/aromatic N) is 4. The molecule has 0 saturated carbocycles. The molecule has 3 aromatic heterocycles. The number of hydrogen-bond acceptors (Lipinski definition) is 7. The first-order valence-electron chi connectivity index (χ1n) is 10.4. The monoisotopic (exact) mass is 534 g/mol. The Morgan fingerprint density at radius 2 is 1.83 bits per heavy atom. The third-order valence-corrected chi connectivity index (χ3v) is 6.83. The summed E-state index contributed by atoms with van der Waals surface area (Å²) in [6, 6.07) is 11.2. The van der Waals surface area contributed by atoms with Crippen molar-refractivity contribution in [3.8, 4) is 11.3 Å². The molecule has 0 amide bonds. The average Bonchev–Trinajstić information content (AvgIpc) is 2.81. The van der Waals surface area contributed by atoms with Crippen molar-refractivity contribution >= 4 is 61.3 Å². The molecule has 182 valence electrons. The Bertz CT molecular complexity index is 1500. The fraction of sp³-hybridized carbons (Fsp3) is 0.174. The maximum Gasteiger partial charge on any atom is 0.234 e. The van der Waals surface area contributed by atoms with Gasteiger partial charge in [0.2, 0.25) is 10.0 Å². The zero-order valence-electron chi connectivity index (χ0n) is 18.8. The minimum Gasteiger partial charge on any atom is -0.354 e. The molecule has 4 rings (SSSR count). The Morgan fingerprint density at radius 3 is 2.57 bits per heavy atom. The first-order valence-corrected chi connectivity index (χ1v) is 12.8. The molecule has 0 radical (unpaired) electrons. The number of fused-ring (bicyclic) bond motifs is 1. The van der Waals surface area contributed by atoms with Gasteiger partial charge in [-0.3, -0.25) is 9.71 Å². The van der Waals surface area contributed by atoms with Gasteiger partial charge >= 0.3 is 0 Å². The molecule has 0 spiro atoms. The van der Waals surface area contributed by atoms with Crippen LogP contribution in [0.3, 0.4) is 0 Å². The molecule has 0 fully saturated rings. The van der Waals surface area contributed by atoms with Crippen LogP contribution in [0.5, 0.6) is 0 Å². The molecule has 0 aliphatic carbocycles. The predicted molar refractivity (Wildman–Crippen MR) is 138 cm³/mol. The number of nitrogens with one attached hydrogen (secondary N) is 2. The fourth-order valence-corrected chi connectivity index (χ4v) is 4.78. The van der Waals surface area contributed by atoms with E-state index in [1.165, 1.54) is 18.3 Å². The highest BCUT2D eigenvalue weighted by Gasteiger charge is 2.16. The van der Waals surface area contributed by atoms with E-state index in [1.54, 1.807) is 55.5 Å². The van der Waals surface area contributed by atoms with E-state index in [1.807, 2.05) is 0 Å². The predicted octanol–water partition coefficient (Wildman–Crippen LogP) is 5.18. The second-order valence-corrected chi connectivity index (χ2v) is 10.6. The van der Waals surface area contributed by atoms with Crippen molar-refractivity contribution < 1.29 is 12.8 Å². The van der Waals surface area contributed by atoms with Crippen molar-refractivity contribution in [2.24, 2.45) is 0 Å². The van der Waals surface area contributed by atoms with Gasteiger partial charge in [-0.25, -0.2) is 22.8 Å². The van der Waals surface area contributed by atoms with Crippen LogP contribution < -0.4 is 10.0 Å². The van der Waals surface area contributed by atoms with Gasteiger partial charge in [0.05, 0.1) is 33.4 Å². The zero-order chi connectivity index (χ0) is 25.2. The topological polar surface area (TPSA) is 100 Å². The number of pyridine rings is 3. The summed E-state index contributed by atoms with van der Waals surface area (Å²) >= 11 is 12.1. The molecular weight excluding hydrogens is 514 g/mol. The first kappa shape index (κ1) is 25.1. The minimum atomic E-state index is -3.63. The van der Waals surface area contributed by atoms with Crippen molar-refractivity contribution in [2.45, 2.75) is 0 Å². The molecule has 2 N–H and O–H groups in total. The second kappa shape index (κ2) is 10.3. The normalized spacial score (nSPS) is 11.7. The average molecular weight is 535 g/mol. The molecule has 0 atom stereocenters. The van der Waals surface area contributed by atoms with Gasteiger partial charge in [-0.2, -0.15) is 0 Å². The van der Waals surface area contributed by atoms with Crippen LogP contribution in [0.4, 0.5) is 21.5 Å². The van der Waals surface area contributed by atoms with E-state index in [-0.39, 0.29) is 21.6 Å². The summed E-state index contributed by atoms with van der Waals surface area (Å²) < 4.78 is 40.9. The molecular formula is C23H21Cl2FN6O2S. The van der Waals surface area contributed by atoms with Gasteiger partial charge in [-0.15, -0.1) is 0 Å². The lowest BCUT2D eigenvalue weighted by molar-refractivity contribution is 0.432. The highest BCUT2D eigenvalue weighted by molar-refractivity contribution is 7.92. The van der Waals surface area contributed by atoms with E-state index in [4.69, 9.17) is 28.2 Å². The number of aromatic nitrogens is 3. The van der Waals surface area contributed by atoms with E-state index in [9.17, 15) is 12.8 Å². The molecule has 0 bridgehead atoms. The summed E-state index contributed by atoms with van der Waals surface area (Å²) in [5, 5.41) is 3.21. The number of benzene rings is 1. The van der Waals surface area contributed by atoms with Gasteiger partial charge in [0.25, 0.3) is 0 Å². The standard InChI is InChI=1S/C23H21Cl2FN6O2S/c1-32(2)9-10-35(33,34)31-21-11-14(13-28-23(21)25)18-5-6-19-22(30-18)20(7-8-27-19)29-15-3-4-17(26)16(24)12-15/h3-8,11-13,31H,9-10H2,1-2H3,(H,27,29). The minimum absolute atomic E-state index is 0.00480. The number of halogens is 3. The van der Waals surface area contributed by atoms with Gasteiger partial charge in [0.15, 0.2) is 5.15 Å². The summed E-state index contributed by atoms with van der Waals surface area (Å²) in [5.41, 5.74) is 3.64. The highest BCUT2D eigenvalue weighted by Crippen LogP contribution is 2.30. The molecule has 12 heteroatoms. The molecule has 1 aromatic carbocycles. The maximum atomic E-state index is 13.5. The Balaban J connectivity index is 1.68.